The molecule has 3 N–H and O–H groups in total. The summed E-state index contributed by atoms with van der Waals surface area (Å²) in [6.45, 7) is 7.00. The van der Waals surface area contributed by atoms with Crippen molar-refractivity contribution in [1.82, 2.24) is 5.32 Å². The van der Waals surface area contributed by atoms with Gasteiger partial charge in [0.15, 0.2) is 0 Å². The predicted molar refractivity (Wildman–Crippen MR) is 63.3 cm³/mol. The molecule has 4 heteroatoms. The number of nitrogens with one attached hydrogen (secondary N) is 1. The van der Waals surface area contributed by atoms with Gasteiger partial charge in [0.25, 0.3) is 0 Å². The number of hydrogen-bond donors (Lipinski definition) is 3. The van der Waals surface area contributed by atoms with Crippen molar-refractivity contribution in [1.29, 1.82) is 0 Å². The maximum absolute atomic E-state index is 10.0. The minimum absolute atomic E-state index is 0.0860. The largest absolute Gasteiger partial charge is 0.392 e. The Morgan fingerprint density at radius 2 is 2.12 bits per heavy atom. The highest BCUT2D eigenvalue weighted by Gasteiger charge is 2.47. The molecule has 4 nitrogen and oxygen atoms in total. The number of aliphatic hydroxyl groups excluding tert-OH is 1. The topological polar surface area (TPSA) is 61.7 Å². The van der Waals surface area contributed by atoms with Crippen molar-refractivity contribution in [2.24, 2.45) is 5.41 Å². The van der Waals surface area contributed by atoms with E-state index >= 15 is 0 Å². The molecule has 0 saturated heterocycles. The molecule has 0 heterocycles. The second-order valence-corrected chi connectivity index (χ2v) is 5.75. The molecule has 0 radical (unpaired) electrons. The van der Waals surface area contributed by atoms with E-state index in [4.69, 9.17) is 4.74 Å². The second kappa shape index (κ2) is 5.00. The normalized spacial score (nSPS) is 31.9. The lowest BCUT2D eigenvalue weighted by Gasteiger charge is -2.50. The molecule has 0 spiro atoms. The van der Waals surface area contributed by atoms with E-state index in [1.807, 2.05) is 13.8 Å². The van der Waals surface area contributed by atoms with Crippen LogP contribution >= 0.6 is 0 Å². The summed E-state index contributed by atoms with van der Waals surface area (Å²) in [5, 5.41) is 23.0. The highest BCUT2D eigenvalue weighted by atomic mass is 16.5. The Morgan fingerprint density at radius 1 is 1.50 bits per heavy atom. The van der Waals surface area contributed by atoms with Gasteiger partial charge in [0.2, 0.25) is 0 Å². The zero-order valence-electron chi connectivity index (χ0n) is 10.8. The van der Waals surface area contributed by atoms with Crippen molar-refractivity contribution in [3.63, 3.8) is 0 Å². The molecule has 0 aromatic rings. The molecule has 1 rings (SSSR count). The Bertz CT molecular complexity index is 228. The van der Waals surface area contributed by atoms with Crippen molar-refractivity contribution >= 4 is 0 Å². The third-order valence-electron chi connectivity index (χ3n) is 3.79. The highest BCUT2D eigenvalue weighted by Crippen LogP contribution is 2.40. The molecule has 3 atom stereocenters. The van der Waals surface area contributed by atoms with Gasteiger partial charge in [-0.15, -0.1) is 0 Å². The Hall–Kier alpha value is -0.160. The minimum Gasteiger partial charge on any atom is -0.392 e. The Kier molecular flexibility index (Phi) is 4.35. The van der Waals surface area contributed by atoms with Crippen molar-refractivity contribution < 1.29 is 14.9 Å². The smallest absolute Gasteiger partial charge is 0.0765 e. The number of aliphatic hydroxyl groups is 2. The van der Waals surface area contributed by atoms with Crippen LogP contribution in [0.1, 0.15) is 33.6 Å². The van der Waals surface area contributed by atoms with Gasteiger partial charge in [0.1, 0.15) is 0 Å². The summed E-state index contributed by atoms with van der Waals surface area (Å²) in [7, 11) is 1.63. The monoisotopic (exact) mass is 231 g/mol. The van der Waals surface area contributed by atoms with Gasteiger partial charge >= 0.3 is 0 Å². The minimum atomic E-state index is -0.743. The van der Waals surface area contributed by atoms with Gasteiger partial charge < -0.3 is 20.3 Å². The first-order valence-corrected chi connectivity index (χ1v) is 5.92. The van der Waals surface area contributed by atoms with E-state index in [1.165, 1.54) is 0 Å². The van der Waals surface area contributed by atoms with Gasteiger partial charge in [0, 0.05) is 38.1 Å². The molecule has 96 valence electrons. The molecule has 1 aliphatic rings. The number of hydrogen-bond acceptors (Lipinski definition) is 4. The molecule has 1 aliphatic carbocycles. The SMILES string of the molecule is COCCC(C)(O)CNC1CC(O)C1(C)C. The fourth-order valence-electron chi connectivity index (χ4n) is 2.00. The molecule has 0 amide bonds. The maximum atomic E-state index is 10.0. The summed E-state index contributed by atoms with van der Waals surface area (Å²) in [5.41, 5.74) is -0.829. The van der Waals surface area contributed by atoms with Gasteiger partial charge in [-0.1, -0.05) is 13.8 Å². The predicted octanol–water partition coefficient (Wildman–Crippen LogP) is 0.523. The summed E-state index contributed by atoms with van der Waals surface area (Å²) >= 11 is 0. The van der Waals surface area contributed by atoms with Crippen molar-refractivity contribution in [3.8, 4) is 0 Å². The van der Waals surface area contributed by atoms with Crippen LogP contribution < -0.4 is 5.32 Å². The lowest BCUT2D eigenvalue weighted by molar-refractivity contribution is -0.0804. The van der Waals surface area contributed by atoms with E-state index in [9.17, 15) is 10.2 Å². The molecule has 0 aromatic carbocycles. The molecule has 16 heavy (non-hydrogen) atoms. The van der Waals surface area contributed by atoms with Crippen LogP contribution in [-0.2, 0) is 4.74 Å². The van der Waals surface area contributed by atoms with Crippen LogP contribution in [0.25, 0.3) is 0 Å². The zero-order chi connectivity index (χ0) is 12.4. The summed E-state index contributed by atoms with van der Waals surface area (Å²) in [6.07, 6.45) is 1.16. The summed E-state index contributed by atoms with van der Waals surface area (Å²) in [6, 6.07) is 0.288. The highest BCUT2D eigenvalue weighted by molar-refractivity contribution is 5.02. The van der Waals surface area contributed by atoms with Crippen molar-refractivity contribution in [2.75, 3.05) is 20.3 Å². The Labute approximate surface area is 98.0 Å². The molecule has 1 saturated carbocycles. The number of rotatable bonds is 6. The average molecular weight is 231 g/mol. The van der Waals surface area contributed by atoms with Crippen LogP contribution in [-0.4, -0.2) is 48.2 Å². The van der Waals surface area contributed by atoms with Gasteiger partial charge in [-0.05, 0) is 13.3 Å². The third-order valence-corrected chi connectivity index (χ3v) is 3.79. The molecular weight excluding hydrogens is 206 g/mol. The van der Waals surface area contributed by atoms with Crippen LogP contribution in [0.15, 0.2) is 0 Å². The summed E-state index contributed by atoms with van der Waals surface area (Å²) in [4.78, 5) is 0. The standard InChI is InChI=1S/C12H25NO3/c1-11(2)9(7-10(11)14)13-8-12(3,15)5-6-16-4/h9-10,13-15H,5-8H2,1-4H3. The fraction of sp³-hybridized carbons (Fsp3) is 1.00. The van der Waals surface area contributed by atoms with E-state index in [1.54, 1.807) is 14.0 Å². The molecular formula is C12H25NO3. The van der Waals surface area contributed by atoms with Crippen LogP contribution in [0.3, 0.4) is 0 Å². The first-order valence-electron chi connectivity index (χ1n) is 5.92. The van der Waals surface area contributed by atoms with Crippen LogP contribution in [0, 0.1) is 5.41 Å². The Balaban J connectivity index is 2.29. The molecule has 0 aliphatic heterocycles. The first kappa shape index (κ1) is 13.9. The number of ether oxygens (including phenoxy) is 1. The fourth-order valence-corrected chi connectivity index (χ4v) is 2.00. The van der Waals surface area contributed by atoms with Gasteiger partial charge in [-0.3, -0.25) is 0 Å². The zero-order valence-corrected chi connectivity index (χ0v) is 10.8. The van der Waals surface area contributed by atoms with Gasteiger partial charge in [-0.2, -0.15) is 0 Å². The van der Waals surface area contributed by atoms with E-state index < -0.39 is 5.60 Å². The molecule has 0 bridgehead atoms. The second-order valence-electron chi connectivity index (χ2n) is 5.75. The summed E-state index contributed by atoms with van der Waals surface area (Å²) < 4.78 is 4.96. The number of methoxy groups -OCH3 is 1. The van der Waals surface area contributed by atoms with Crippen molar-refractivity contribution in [2.45, 2.75) is 51.4 Å². The lowest BCUT2D eigenvalue weighted by Crippen LogP contribution is -2.61. The molecule has 0 aromatic heterocycles. The lowest BCUT2D eigenvalue weighted by atomic mass is 9.64. The van der Waals surface area contributed by atoms with Crippen LogP contribution in [0.5, 0.6) is 0 Å². The van der Waals surface area contributed by atoms with Gasteiger partial charge in [-0.25, -0.2) is 0 Å². The van der Waals surface area contributed by atoms with Crippen LogP contribution in [0.4, 0.5) is 0 Å². The first-order chi connectivity index (χ1) is 7.29. The molecule has 1 fully saturated rings. The van der Waals surface area contributed by atoms with E-state index in [0.717, 1.165) is 6.42 Å². The molecule has 3 unspecified atom stereocenters. The van der Waals surface area contributed by atoms with E-state index in [2.05, 4.69) is 5.32 Å². The van der Waals surface area contributed by atoms with E-state index in [-0.39, 0.29) is 17.6 Å². The quantitative estimate of drug-likeness (QED) is 0.624. The van der Waals surface area contributed by atoms with Gasteiger partial charge in [0.05, 0.1) is 11.7 Å². The van der Waals surface area contributed by atoms with Crippen molar-refractivity contribution in [3.05, 3.63) is 0 Å². The van der Waals surface area contributed by atoms with E-state index in [0.29, 0.717) is 19.6 Å². The third kappa shape index (κ3) is 3.17. The maximum Gasteiger partial charge on any atom is 0.0765 e. The van der Waals surface area contributed by atoms with Crippen LogP contribution in [0.2, 0.25) is 0 Å². The Morgan fingerprint density at radius 3 is 2.56 bits per heavy atom. The summed E-state index contributed by atoms with van der Waals surface area (Å²) in [5.74, 6) is 0. The average Bonchev–Trinajstić information content (AvgIpc) is 2.21.